The monoisotopic (exact) mass is 464 g/mol. The molecule has 3 aromatic rings. The summed E-state index contributed by atoms with van der Waals surface area (Å²) in [4.78, 5) is 28.0. The molecule has 6 nitrogen and oxygen atoms in total. The second-order valence-electron chi connectivity index (χ2n) is 6.93. The fourth-order valence-corrected chi connectivity index (χ4v) is 2.82. The first-order valence-electron chi connectivity index (χ1n) is 10.1. The first kappa shape index (κ1) is 24.1. The molecule has 0 aliphatic heterocycles. The van der Waals surface area contributed by atoms with E-state index < -0.39 is 23.8 Å². The van der Waals surface area contributed by atoms with Crippen molar-refractivity contribution in [3.63, 3.8) is 0 Å². The van der Waals surface area contributed by atoms with Crippen LogP contribution >= 0.6 is 0 Å². The van der Waals surface area contributed by atoms with Crippen molar-refractivity contribution in [2.24, 2.45) is 0 Å². The Labute approximate surface area is 193 Å². The van der Waals surface area contributed by atoms with E-state index in [9.17, 15) is 22.8 Å². The number of anilines is 2. The Morgan fingerprint density at radius 2 is 1.79 bits per heavy atom. The first-order valence-corrected chi connectivity index (χ1v) is 10.1. The van der Waals surface area contributed by atoms with Crippen LogP contribution in [0.1, 0.15) is 16.7 Å². The highest BCUT2D eigenvalue weighted by Crippen LogP contribution is 2.21. The van der Waals surface area contributed by atoms with Crippen molar-refractivity contribution in [1.82, 2.24) is 10.3 Å². The van der Waals surface area contributed by atoms with Gasteiger partial charge in [-0.15, -0.1) is 0 Å². The average Bonchev–Trinajstić information content (AvgIpc) is 2.80. The zero-order chi connectivity index (χ0) is 24.3. The van der Waals surface area contributed by atoms with E-state index in [4.69, 9.17) is 0 Å². The number of aromatic nitrogens is 1. The van der Waals surface area contributed by atoms with Crippen molar-refractivity contribution >= 4 is 23.3 Å². The number of pyridine rings is 1. The predicted molar refractivity (Wildman–Crippen MR) is 123 cm³/mol. The highest BCUT2D eigenvalue weighted by atomic mass is 19.3. The molecule has 34 heavy (non-hydrogen) atoms. The van der Waals surface area contributed by atoms with Crippen molar-refractivity contribution in [1.29, 1.82) is 0 Å². The number of carbonyl (C=O) groups is 2. The molecule has 0 saturated heterocycles. The van der Waals surface area contributed by atoms with Crippen LogP contribution in [-0.4, -0.2) is 23.5 Å². The van der Waals surface area contributed by atoms with Crippen LogP contribution in [-0.2, 0) is 11.2 Å². The summed E-state index contributed by atoms with van der Waals surface area (Å²) < 4.78 is 37.9. The Kier molecular flexibility index (Phi) is 8.41. The molecule has 0 radical (unpaired) electrons. The van der Waals surface area contributed by atoms with Crippen LogP contribution in [0, 0.1) is 17.7 Å². The summed E-state index contributed by atoms with van der Waals surface area (Å²) in [5.41, 5.74) is 2.27. The molecule has 172 valence electrons. The van der Waals surface area contributed by atoms with E-state index in [0.717, 1.165) is 5.56 Å². The van der Waals surface area contributed by atoms with Crippen molar-refractivity contribution < 1.29 is 22.8 Å². The summed E-state index contributed by atoms with van der Waals surface area (Å²) in [6, 6.07) is 13.1. The molecule has 3 N–H and O–H groups in total. The van der Waals surface area contributed by atoms with Crippen molar-refractivity contribution in [3.8, 4) is 11.8 Å². The Balaban J connectivity index is 1.74. The second kappa shape index (κ2) is 11.9. The molecular formula is C25H19F3N4O2. The number of urea groups is 1. The first-order chi connectivity index (χ1) is 16.4. The van der Waals surface area contributed by atoms with Gasteiger partial charge in [-0.25, -0.2) is 9.18 Å². The largest absolute Gasteiger partial charge is 0.338 e. The molecule has 0 aliphatic carbocycles. The molecular weight excluding hydrogens is 445 g/mol. The van der Waals surface area contributed by atoms with Crippen molar-refractivity contribution in [2.45, 2.75) is 6.42 Å². The number of nitrogens with zero attached hydrogens (tertiary/aromatic N) is 1. The maximum Gasteiger partial charge on any atom is 0.319 e. The van der Waals surface area contributed by atoms with Gasteiger partial charge in [0.05, 0.1) is 17.3 Å². The summed E-state index contributed by atoms with van der Waals surface area (Å²) >= 11 is 0. The topological polar surface area (TPSA) is 83.1 Å². The van der Waals surface area contributed by atoms with Crippen molar-refractivity contribution in [2.75, 3.05) is 17.2 Å². The standard InChI is InChI=1S/C25H19F3N4O2/c26-20-7-4-17(5-8-20)3-6-19-14-21(9-10-22(19)32-24(33)15-23(27)28)31-25(34)30-13-11-18-2-1-12-29-16-18/h1-2,4-5,7-10,12,14-16H,11,13H2,(H,32,33)(H2,30,31,34). The molecule has 2 aromatic carbocycles. The van der Waals surface area contributed by atoms with Gasteiger partial charge in [-0.2, -0.15) is 8.78 Å². The number of benzene rings is 2. The zero-order valence-electron chi connectivity index (χ0n) is 17.7. The summed E-state index contributed by atoms with van der Waals surface area (Å²) in [7, 11) is 0. The molecule has 0 unspecified atom stereocenters. The van der Waals surface area contributed by atoms with Gasteiger partial charge in [0.2, 0.25) is 0 Å². The lowest BCUT2D eigenvalue weighted by Gasteiger charge is -2.11. The maximum absolute atomic E-state index is 13.1. The molecule has 0 aliphatic rings. The molecule has 1 aromatic heterocycles. The number of nitrogens with one attached hydrogen (secondary N) is 3. The van der Waals surface area contributed by atoms with E-state index in [-0.39, 0.29) is 17.3 Å². The van der Waals surface area contributed by atoms with Gasteiger partial charge in [0.1, 0.15) is 5.82 Å². The summed E-state index contributed by atoms with van der Waals surface area (Å²) in [5.74, 6) is 4.18. The minimum absolute atomic E-state index is 0.152. The summed E-state index contributed by atoms with van der Waals surface area (Å²) in [5, 5.41) is 7.71. The minimum Gasteiger partial charge on any atom is -0.338 e. The van der Waals surface area contributed by atoms with Crippen LogP contribution < -0.4 is 16.0 Å². The Hall–Kier alpha value is -4.58. The molecule has 1 heterocycles. The van der Waals surface area contributed by atoms with E-state index >= 15 is 0 Å². The minimum atomic E-state index is -2.14. The van der Waals surface area contributed by atoms with E-state index in [1.165, 1.54) is 42.5 Å². The molecule has 9 heteroatoms. The SMILES string of the molecule is O=C(C=C(F)F)Nc1ccc(NC(=O)NCCc2cccnc2)cc1C#Cc1ccc(F)cc1. The van der Waals surface area contributed by atoms with E-state index in [2.05, 4.69) is 32.8 Å². The lowest BCUT2D eigenvalue weighted by atomic mass is 10.1. The van der Waals surface area contributed by atoms with Gasteiger partial charge in [0.15, 0.2) is 0 Å². The third-order valence-corrected chi connectivity index (χ3v) is 4.38. The molecule has 0 fully saturated rings. The van der Waals surface area contributed by atoms with Crippen LogP contribution in [0.5, 0.6) is 0 Å². The van der Waals surface area contributed by atoms with E-state index in [1.807, 2.05) is 12.1 Å². The Morgan fingerprint density at radius 1 is 1.00 bits per heavy atom. The molecule has 0 atom stereocenters. The normalized spacial score (nSPS) is 9.85. The number of hydrogen-bond donors (Lipinski definition) is 3. The molecule has 3 rings (SSSR count). The van der Waals surface area contributed by atoms with E-state index in [1.54, 1.807) is 12.4 Å². The Bertz CT molecular complexity index is 1250. The van der Waals surface area contributed by atoms with Gasteiger partial charge in [-0.1, -0.05) is 17.9 Å². The van der Waals surface area contributed by atoms with Gasteiger partial charge in [0, 0.05) is 30.2 Å². The summed E-state index contributed by atoms with van der Waals surface area (Å²) in [6.45, 7) is 0.379. The number of hydrogen-bond acceptors (Lipinski definition) is 3. The zero-order valence-corrected chi connectivity index (χ0v) is 17.7. The predicted octanol–water partition coefficient (Wildman–Crippen LogP) is 4.70. The van der Waals surface area contributed by atoms with Crippen LogP contribution in [0.4, 0.5) is 29.3 Å². The molecule has 3 amide bonds. The smallest absolute Gasteiger partial charge is 0.319 e. The van der Waals surface area contributed by atoms with Gasteiger partial charge in [-0.05, 0) is 60.5 Å². The lowest BCUT2D eigenvalue weighted by molar-refractivity contribution is -0.112. The Morgan fingerprint density at radius 3 is 2.50 bits per heavy atom. The fourth-order valence-electron chi connectivity index (χ4n) is 2.82. The molecule has 0 saturated carbocycles. The number of halogens is 3. The second-order valence-corrected chi connectivity index (χ2v) is 6.93. The fraction of sp³-hybridized carbons (Fsp3) is 0.0800. The molecule has 0 bridgehead atoms. The highest BCUT2D eigenvalue weighted by molar-refractivity contribution is 6.00. The lowest BCUT2D eigenvalue weighted by Crippen LogP contribution is -2.30. The maximum atomic E-state index is 13.1. The third kappa shape index (κ3) is 7.84. The van der Waals surface area contributed by atoms with Crippen molar-refractivity contribution in [3.05, 3.63) is 102 Å². The van der Waals surface area contributed by atoms with Gasteiger partial charge >= 0.3 is 6.03 Å². The quantitative estimate of drug-likeness (QED) is 0.365. The number of amides is 3. The number of carbonyl (C=O) groups excluding carboxylic acids is 2. The van der Waals surface area contributed by atoms with E-state index in [0.29, 0.717) is 24.2 Å². The van der Waals surface area contributed by atoms with Crippen LogP contribution in [0.2, 0.25) is 0 Å². The summed E-state index contributed by atoms with van der Waals surface area (Å²) in [6.07, 6.45) is 1.98. The highest BCUT2D eigenvalue weighted by Gasteiger charge is 2.09. The van der Waals surface area contributed by atoms with Crippen LogP contribution in [0.25, 0.3) is 0 Å². The average molecular weight is 464 g/mol. The molecule has 0 spiro atoms. The van der Waals surface area contributed by atoms with Gasteiger partial charge in [0.25, 0.3) is 12.0 Å². The van der Waals surface area contributed by atoms with Gasteiger partial charge in [-0.3, -0.25) is 9.78 Å². The van der Waals surface area contributed by atoms with Gasteiger partial charge < -0.3 is 16.0 Å². The number of rotatable bonds is 6. The van der Waals surface area contributed by atoms with Crippen LogP contribution in [0.3, 0.4) is 0 Å². The van der Waals surface area contributed by atoms with Crippen LogP contribution in [0.15, 0.2) is 79.1 Å². The third-order valence-electron chi connectivity index (χ3n) is 4.38.